The summed E-state index contributed by atoms with van der Waals surface area (Å²) in [6.45, 7) is 1.64. The SMILES string of the molecule is N#Cc1cc(F)cc(Cn2nc3c(cc2=O)CNCC3)c1. The summed E-state index contributed by atoms with van der Waals surface area (Å²) in [4.78, 5) is 12.0. The summed E-state index contributed by atoms with van der Waals surface area (Å²) in [5.74, 6) is -0.487. The van der Waals surface area contributed by atoms with Gasteiger partial charge in [0, 0.05) is 25.6 Å². The number of halogens is 1. The van der Waals surface area contributed by atoms with E-state index in [2.05, 4.69) is 10.4 Å². The fraction of sp³-hybridized carbons (Fsp3) is 0.267. The maximum absolute atomic E-state index is 13.4. The molecule has 0 saturated heterocycles. The highest BCUT2D eigenvalue weighted by Gasteiger charge is 2.13. The third kappa shape index (κ3) is 2.83. The molecule has 0 spiro atoms. The molecule has 0 unspecified atom stereocenters. The van der Waals surface area contributed by atoms with E-state index in [0.717, 1.165) is 30.3 Å². The Labute approximate surface area is 120 Å². The molecule has 0 bridgehead atoms. The number of nitrogens with one attached hydrogen (secondary N) is 1. The Bertz CT molecular complexity index is 791. The smallest absolute Gasteiger partial charge is 0.267 e. The minimum absolute atomic E-state index is 0.159. The van der Waals surface area contributed by atoms with Gasteiger partial charge < -0.3 is 5.32 Å². The monoisotopic (exact) mass is 284 g/mol. The Balaban J connectivity index is 1.97. The second-order valence-corrected chi connectivity index (χ2v) is 5.00. The third-order valence-electron chi connectivity index (χ3n) is 3.44. The van der Waals surface area contributed by atoms with Crippen LogP contribution in [0.15, 0.2) is 29.1 Å². The van der Waals surface area contributed by atoms with E-state index >= 15 is 0 Å². The Morgan fingerprint density at radius 2 is 2.24 bits per heavy atom. The lowest BCUT2D eigenvalue weighted by molar-refractivity contribution is 0.560. The van der Waals surface area contributed by atoms with Gasteiger partial charge in [-0.15, -0.1) is 0 Å². The van der Waals surface area contributed by atoms with Crippen LogP contribution in [0.5, 0.6) is 0 Å². The van der Waals surface area contributed by atoms with E-state index in [0.29, 0.717) is 12.1 Å². The Kier molecular flexibility index (Phi) is 3.50. The first-order valence-corrected chi connectivity index (χ1v) is 6.66. The van der Waals surface area contributed by atoms with E-state index in [1.807, 2.05) is 6.07 Å². The van der Waals surface area contributed by atoms with Crippen molar-refractivity contribution in [2.45, 2.75) is 19.5 Å². The molecule has 1 aromatic carbocycles. The zero-order chi connectivity index (χ0) is 14.8. The molecule has 21 heavy (non-hydrogen) atoms. The van der Waals surface area contributed by atoms with Crippen LogP contribution in [0.1, 0.15) is 22.4 Å². The molecule has 3 rings (SSSR count). The van der Waals surface area contributed by atoms with Crippen molar-refractivity contribution in [3.63, 3.8) is 0 Å². The lowest BCUT2D eigenvalue weighted by Gasteiger charge is -2.17. The quantitative estimate of drug-likeness (QED) is 0.891. The predicted octanol–water partition coefficient (Wildman–Crippen LogP) is 0.948. The number of nitrogens with zero attached hydrogens (tertiary/aromatic N) is 3. The number of hydrogen-bond donors (Lipinski definition) is 1. The van der Waals surface area contributed by atoms with Crippen LogP contribution in [0.3, 0.4) is 0 Å². The minimum atomic E-state index is -0.487. The Morgan fingerprint density at radius 3 is 3.05 bits per heavy atom. The number of aromatic nitrogens is 2. The molecule has 0 amide bonds. The highest BCUT2D eigenvalue weighted by atomic mass is 19.1. The van der Waals surface area contributed by atoms with Gasteiger partial charge in [0.05, 0.1) is 23.9 Å². The number of hydrogen-bond acceptors (Lipinski definition) is 4. The van der Waals surface area contributed by atoms with Gasteiger partial charge >= 0.3 is 0 Å². The summed E-state index contributed by atoms with van der Waals surface area (Å²) < 4.78 is 14.7. The molecule has 2 aromatic rings. The predicted molar refractivity (Wildman–Crippen MR) is 74.1 cm³/mol. The van der Waals surface area contributed by atoms with Gasteiger partial charge in [0.15, 0.2) is 0 Å². The fourth-order valence-corrected chi connectivity index (χ4v) is 2.45. The largest absolute Gasteiger partial charge is 0.312 e. The molecule has 106 valence electrons. The molecule has 1 aliphatic rings. The summed E-state index contributed by atoms with van der Waals surface area (Å²) in [6.07, 6.45) is 0.766. The van der Waals surface area contributed by atoms with Gasteiger partial charge in [-0.1, -0.05) is 0 Å². The third-order valence-corrected chi connectivity index (χ3v) is 3.44. The summed E-state index contributed by atoms with van der Waals surface area (Å²) in [7, 11) is 0. The molecule has 0 aliphatic carbocycles. The number of fused-ring (bicyclic) bond motifs is 1. The van der Waals surface area contributed by atoms with Crippen LogP contribution in [0.25, 0.3) is 0 Å². The molecule has 1 aliphatic heterocycles. The van der Waals surface area contributed by atoms with E-state index in [9.17, 15) is 9.18 Å². The lowest BCUT2D eigenvalue weighted by Crippen LogP contribution is -2.31. The van der Waals surface area contributed by atoms with Crippen molar-refractivity contribution in [1.82, 2.24) is 15.1 Å². The fourth-order valence-electron chi connectivity index (χ4n) is 2.45. The lowest BCUT2D eigenvalue weighted by atomic mass is 10.1. The normalized spacial score (nSPS) is 13.5. The summed E-state index contributed by atoms with van der Waals surface area (Å²) >= 11 is 0. The zero-order valence-electron chi connectivity index (χ0n) is 11.3. The maximum Gasteiger partial charge on any atom is 0.267 e. The van der Waals surface area contributed by atoms with E-state index in [1.54, 1.807) is 12.1 Å². The molecule has 0 radical (unpaired) electrons. The molecular formula is C15H13FN4O. The van der Waals surface area contributed by atoms with E-state index < -0.39 is 5.82 Å². The van der Waals surface area contributed by atoms with Crippen LogP contribution in [0.2, 0.25) is 0 Å². The van der Waals surface area contributed by atoms with E-state index in [-0.39, 0.29) is 17.7 Å². The first kappa shape index (κ1) is 13.5. The van der Waals surface area contributed by atoms with Crippen LogP contribution in [0.4, 0.5) is 4.39 Å². The van der Waals surface area contributed by atoms with Crippen LogP contribution in [-0.4, -0.2) is 16.3 Å². The van der Waals surface area contributed by atoms with Gasteiger partial charge in [0.25, 0.3) is 5.56 Å². The van der Waals surface area contributed by atoms with Crippen molar-refractivity contribution in [2.75, 3.05) is 6.54 Å². The minimum Gasteiger partial charge on any atom is -0.312 e. The van der Waals surface area contributed by atoms with Gasteiger partial charge in [-0.2, -0.15) is 10.4 Å². The highest BCUT2D eigenvalue weighted by Crippen LogP contribution is 2.11. The van der Waals surface area contributed by atoms with Crippen LogP contribution < -0.4 is 10.9 Å². The standard InChI is InChI=1S/C15H13FN4O/c16-13-4-10(7-17)3-11(5-13)9-20-15(21)6-12-8-18-2-1-14(12)19-20/h3-6,18H,1-2,8-9H2. The molecule has 6 heteroatoms. The van der Waals surface area contributed by atoms with Crippen LogP contribution in [-0.2, 0) is 19.5 Å². The summed E-state index contributed by atoms with van der Waals surface area (Å²) in [6, 6.07) is 7.52. The van der Waals surface area contributed by atoms with Gasteiger partial charge in [-0.05, 0) is 29.3 Å². The van der Waals surface area contributed by atoms with Crippen LogP contribution in [0, 0.1) is 17.1 Å². The van der Waals surface area contributed by atoms with Crippen molar-refractivity contribution in [3.05, 3.63) is 62.8 Å². The molecule has 0 atom stereocenters. The van der Waals surface area contributed by atoms with Crippen molar-refractivity contribution in [1.29, 1.82) is 5.26 Å². The first-order chi connectivity index (χ1) is 10.2. The van der Waals surface area contributed by atoms with Gasteiger partial charge in [-0.3, -0.25) is 4.79 Å². The molecular weight excluding hydrogens is 271 g/mol. The summed E-state index contributed by atoms with van der Waals surface area (Å²) in [5, 5.41) is 16.4. The van der Waals surface area contributed by atoms with Crippen molar-refractivity contribution >= 4 is 0 Å². The number of benzene rings is 1. The Hall–Kier alpha value is -2.52. The summed E-state index contributed by atoms with van der Waals surface area (Å²) in [5.41, 5.74) is 2.38. The van der Waals surface area contributed by atoms with E-state index in [1.165, 1.54) is 10.7 Å². The second-order valence-electron chi connectivity index (χ2n) is 5.00. The molecule has 1 N–H and O–H groups in total. The van der Waals surface area contributed by atoms with Crippen molar-refractivity contribution in [2.24, 2.45) is 0 Å². The zero-order valence-corrected chi connectivity index (χ0v) is 11.3. The topological polar surface area (TPSA) is 70.7 Å². The van der Waals surface area contributed by atoms with Gasteiger partial charge in [-0.25, -0.2) is 9.07 Å². The maximum atomic E-state index is 13.4. The molecule has 1 aromatic heterocycles. The van der Waals surface area contributed by atoms with E-state index in [4.69, 9.17) is 5.26 Å². The molecule has 5 nitrogen and oxygen atoms in total. The highest BCUT2D eigenvalue weighted by molar-refractivity contribution is 5.33. The molecule has 0 saturated carbocycles. The van der Waals surface area contributed by atoms with Gasteiger partial charge in [0.1, 0.15) is 5.82 Å². The van der Waals surface area contributed by atoms with Gasteiger partial charge in [0.2, 0.25) is 0 Å². The first-order valence-electron chi connectivity index (χ1n) is 6.66. The van der Waals surface area contributed by atoms with Crippen molar-refractivity contribution < 1.29 is 4.39 Å². The molecule has 2 heterocycles. The second kappa shape index (κ2) is 5.46. The van der Waals surface area contributed by atoms with Crippen LogP contribution >= 0.6 is 0 Å². The van der Waals surface area contributed by atoms with Crippen molar-refractivity contribution in [3.8, 4) is 6.07 Å². The molecule has 0 fully saturated rings. The number of rotatable bonds is 2. The average Bonchev–Trinajstić information content (AvgIpc) is 2.47. The Morgan fingerprint density at radius 1 is 1.38 bits per heavy atom. The number of nitriles is 1. The average molecular weight is 284 g/mol.